The van der Waals surface area contributed by atoms with Crippen molar-refractivity contribution in [1.82, 2.24) is 15.2 Å². The summed E-state index contributed by atoms with van der Waals surface area (Å²) in [5.74, 6) is 0. The largest absolute Gasteiger partial charge is 0.306 e. The number of likely N-dealkylation sites (N-methyl/N-ethyl adjacent to an activating group) is 1. The predicted octanol–water partition coefficient (Wildman–Crippen LogP) is 1.98. The minimum absolute atomic E-state index is 0.388. The Morgan fingerprint density at radius 2 is 2.25 bits per heavy atom. The Morgan fingerprint density at radius 3 is 2.85 bits per heavy atom. The van der Waals surface area contributed by atoms with Crippen molar-refractivity contribution in [3.05, 3.63) is 30.1 Å². The minimum Gasteiger partial charge on any atom is -0.306 e. The van der Waals surface area contributed by atoms with Gasteiger partial charge in [-0.2, -0.15) is 5.26 Å². The third-order valence-electron chi connectivity index (χ3n) is 3.82. The van der Waals surface area contributed by atoms with E-state index in [0.29, 0.717) is 6.04 Å². The topological polar surface area (TPSA) is 52.0 Å². The van der Waals surface area contributed by atoms with Gasteiger partial charge < -0.3 is 4.90 Å². The van der Waals surface area contributed by atoms with E-state index in [4.69, 9.17) is 0 Å². The maximum absolute atomic E-state index is 9.34. The molecule has 4 heteroatoms. The molecule has 0 aromatic carbocycles. The van der Waals surface area contributed by atoms with Crippen LogP contribution in [0.25, 0.3) is 0 Å². The van der Waals surface area contributed by atoms with E-state index >= 15 is 0 Å². The predicted molar refractivity (Wildman–Crippen MR) is 80.2 cm³/mol. The molecule has 0 saturated heterocycles. The summed E-state index contributed by atoms with van der Waals surface area (Å²) >= 11 is 0. The fourth-order valence-corrected chi connectivity index (χ4v) is 2.22. The summed E-state index contributed by atoms with van der Waals surface area (Å²) in [6, 6.07) is 9.02. The van der Waals surface area contributed by atoms with Crippen LogP contribution in [-0.2, 0) is 6.42 Å². The van der Waals surface area contributed by atoms with Crippen molar-refractivity contribution >= 4 is 0 Å². The molecule has 0 amide bonds. The zero-order chi connectivity index (χ0) is 14.4. The lowest BCUT2D eigenvalue weighted by Crippen LogP contribution is -2.44. The van der Waals surface area contributed by atoms with Crippen molar-refractivity contribution in [2.75, 3.05) is 20.1 Å². The molecule has 1 N–H and O–H groups in total. The van der Waals surface area contributed by atoms with Crippen LogP contribution in [0, 0.1) is 11.3 Å². The highest BCUT2D eigenvalue weighted by molar-refractivity contribution is 5.07. The average Bonchev–Trinajstić information content (AvgIpc) is 3.28. The molecule has 2 rings (SSSR count). The van der Waals surface area contributed by atoms with E-state index in [0.717, 1.165) is 31.6 Å². The highest BCUT2D eigenvalue weighted by atomic mass is 15.1. The fraction of sp³-hybridized carbons (Fsp3) is 0.625. The Hall–Kier alpha value is -1.44. The number of rotatable bonds is 8. The molecule has 108 valence electrons. The Morgan fingerprint density at radius 1 is 1.45 bits per heavy atom. The molecule has 1 saturated carbocycles. The molecule has 0 spiro atoms. The summed E-state index contributed by atoms with van der Waals surface area (Å²) in [4.78, 5) is 6.61. The molecule has 1 aliphatic carbocycles. The van der Waals surface area contributed by atoms with Gasteiger partial charge in [0, 0.05) is 37.4 Å². The molecule has 1 fully saturated rings. The van der Waals surface area contributed by atoms with Gasteiger partial charge in [-0.3, -0.25) is 10.3 Å². The lowest BCUT2D eigenvalue weighted by molar-refractivity contribution is 0.289. The van der Waals surface area contributed by atoms with E-state index in [1.54, 1.807) is 0 Å². The summed E-state index contributed by atoms with van der Waals surface area (Å²) < 4.78 is 0. The van der Waals surface area contributed by atoms with E-state index in [9.17, 15) is 5.26 Å². The lowest BCUT2D eigenvalue weighted by atomic mass is 9.99. The van der Waals surface area contributed by atoms with Gasteiger partial charge in [-0.25, -0.2) is 0 Å². The van der Waals surface area contributed by atoms with Crippen LogP contribution in [0.4, 0.5) is 0 Å². The van der Waals surface area contributed by atoms with Crippen LogP contribution in [0.5, 0.6) is 0 Å². The highest BCUT2D eigenvalue weighted by Gasteiger charge is 2.32. The Labute approximate surface area is 121 Å². The molecular formula is C16H24N4. The zero-order valence-corrected chi connectivity index (χ0v) is 12.5. The second-order valence-electron chi connectivity index (χ2n) is 5.99. The third-order valence-corrected chi connectivity index (χ3v) is 3.82. The molecule has 1 aromatic heterocycles. The van der Waals surface area contributed by atoms with Crippen LogP contribution in [0.1, 0.15) is 31.9 Å². The summed E-state index contributed by atoms with van der Waals surface area (Å²) in [6.07, 6.45) is 6.08. The van der Waals surface area contributed by atoms with Gasteiger partial charge in [0.25, 0.3) is 0 Å². The SMILES string of the molecule is CN(CCc1ccccn1)CCC(C)(C#N)NC1CC1. The molecule has 0 bridgehead atoms. The molecule has 1 heterocycles. The first-order valence-corrected chi connectivity index (χ1v) is 7.39. The van der Waals surface area contributed by atoms with Crippen molar-refractivity contribution in [2.24, 2.45) is 0 Å². The number of pyridine rings is 1. The zero-order valence-electron chi connectivity index (χ0n) is 12.5. The van der Waals surface area contributed by atoms with Crippen molar-refractivity contribution in [3.8, 4) is 6.07 Å². The van der Waals surface area contributed by atoms with Gasteiger partial charge in [-0.1, -0.05) is 6.07 Å². The minimum atomic E-state index is -0.388. The van der Waals surface area contributed by atoms with Gasteiger partial charge in [0.05, 0.1) is 6.07 Å². The normalized spacial score (nSPS) is 17.7. The average molecular weight is 272 g/mol. The molecule has 0 aliphatic heterocycles. The number of hydrogen-bond acceptors (Lipinski definition) is 4. The van der Waals surface area contributed by atoms with E-state index < -0.39 is 0 Å². The Balaban J connectivity index is 1.71. The molecule has 1 aliphatic rings. The van der Waals surface area contributed by atoms with E-state index in [-0.39, 0.29) is 5.54 Å². The lowest BCUT2D eigenvalue weighted by Gasteiger charge is -2.26. The molecule has 1 unspecified atom stereocenters. The van der Waals surface area contributed by atoms with Crippen LogP contribution >= 0.6 is 0 Å². The highest BCUT2D eigenvalue weighted by Crippen LogP contribution is 2.23. The molecule has 20 heavy (non-hydrogen) atoms. The van der Waals surface area contributed by atoms with E-state index in [2.05, 4.69) is 34.4 Å². The molecule has 4 nitrogen and oxygen atoms in total. The molecule has 1 atom stereocenters. The second-order valence-corrected chi connectivity index (χ2v) is 5.99. The molecule has 1 aromatic rings. The standard InChI is InChI=1S/C16H24N4/c1-16(13-17,19-15-6-7-15)9-12-20(2)11-8-14-5-3-4-10-18-14/h3-5,10,15,19H,6-9,11-12H2,1-2H3. The number of nitriles is 1. The van der Waals surface area contributed by atoms with Crippen molar-refractivity contribution in [1.29, 1.82) is 5.26 Å². The van der Waals surface area contributed by atoms with Crippen LogP contribution in [0.15, 0.2) is 24.4 Å². The van der Waals surface area contributed by atoms with Crippen LogP contribution in [0.3, 0.4) is 0 Å². The summed E-state index contributed by atoms with van der Waals surface area (Å²) in [5, 5.41) is 12.8. The van der Waals surface area contributed by atoms with Gasteiger partial charge in [0.2, 0.25) is 0 Å². The first-order valence-electron chi connectivity index (χ1n) is 7.39. The Bertz CT molecular complexity index is 449. The maximum Gasteiger partial charge on any atom is 0.105 e. The number of nitrogens with one attached hydrogen (secondary N) is 1. The quantitative estimate of drug-likeness (QED) is 0.786. The van der Waals surface area contributed by atoms with Gasteiger partial charge >= 0.3 is 0 Å². The van der Waals surface area contributed by atoms with Crippen molar-refractivity contribution < 1.29 is 0 Å². The second kappa shape index (κ2) is 6.83. The van der Waals surface area contributed by atoms with Gasteiger partial charge in [-0.15, -0.1) is 0 Å². The maximum atomic E-state index is 9.34. The van der Waals surface area contributed by atoms with Crippen LogP contribution in [0.2, 0.25) is 0 Å². The van der Waals surface area contributed by atoms with Crippen molar-refractivity contribution in [3.63, 3.8) is 0 Å². The van der Waals surface area contributed by atoms with Gasteiger partial charge in [0.1, 0.15) is 5.54 Å². The fourth-order valence-electron chi connectivity index (χ4n) is 2.22. The number of nitrogens with zero attached hydrogens (tertiary/aromatic N) is 3. The number of hydrogen-bond donors (Lipinski definition) is 1. The van der Waals surface area contributed by atoms with Crippen LogP contribution in [-0.4, -0.2) is 41.6 Å². The summed E-state index contributed by atoms with van der Waals surface area (Å²) in [6.45, 7) is 3.91. The third kappa shape index (κ3) is 4.92. The van der Waals surface area contributed by atoms with E-state index in [1.165, 1.54) is 12.8 Å². The van der Waals surface area contributed by atoms with E-state index in [1.807, 2.05) is 25.3 Å². The van der Waals surface area contributed by atoms with Crippen molar-refractivity contribution in [2.45, 2.75) is 44.2 Å². The summed E-state index contributed by atoms with van der Waals surface area (Å²) in [7, 11) is 2.11. The monoisotopic (exact) mass is 272 g/mol. The van der Waals surface area contributed by atoms with Crippen LogP contribution < -0.4 is 5.32 Å². The molecular weight excluding hydrogens is 248 g/mol. The first kappa shape index (κ1) is 15.0. The molecule has 0 radical (unpaired) electrons. The smallest absolute Gasteiger partial charge is 0.105 e. The first-order chi connectivity index (χ1) is 9.61. The van der Waals surface area contributed by atoms with Gasteiger partial charge in [0.15, 0.2) is 0 Å². The number of aromatic nitrogens is 1. The van der Waals surface area contributed by atoms with Gasteiger partial charge in [-0.05, 0) is 45.4 Å². The Kier molecular flexibility index (Phi) is 5.11. The summed E-state index contributed by atoms with van der Waals surface area (Å²) in [5.41, 5.74) is 0.735.